The van der Waals surface area contributed by atoms with Crippen LogP contribution < -0.4 is 4.72 Å². The number of hydrogen-bond acceptors (Lipinski definition) is 5. The van der Waals surface area contributed by atoms with Crippen LogP contribution in [0.3, 0.4) is 0 Å². The molecule has 0 saturated heterocycles. The smallest absolute Gasteiger partial charge is 0.374 e. The van der Waals surface area contributed by atoms with Crippen LogP contribution in [0.2, 0.25) is 10.0 Å². The summed E-state index contributed by atoms with van der Waals surface area (Å²) in [4.78, 5) is 11.2. The lowest BCUT2D eigenvalue weighted by molar-refractivity contribution is 0.0559. The molecule has 0 unspecified atom stereocenters. The average molecular weight is 350 g/mol. The van der Waals surface area contributed by atoms with Crippen LogP contribution in [0, 0.1) is 0 Å². The summed E-state index contributed by atoms with van der Waals surface area (Å²) < 4.78 is 35.8. The standard InChI is InChI=1S/C12H9Cl2NO5S/c1-19-12(16)10-2-3-11(20-10)21(17,18)15-9-5-7(13)4-8(14)6-9/h2-6,15H,1H3. The quantitative estimate of drug-likeness (QED) is 0.856. The van der Waals surface area contributed by atoms with E-state index in [9.17, 15) is 13.2 Å². The third-order valence-electron chi connectivity index (χ3n) is 2.35. The summed E-state index contributed by atoms with van der Waals surface area (Å²) in [6.07, 6.45) is 0. The molecule has 9 heteroatoms. The van der Waals surface area contributed by atoms with Crippen LogP contribution in [0.25, 0.3) is 0 Å². The molecule has 0 saturated carbocycles. The lowest BCUT2D eigenvalue weighted by Gasteiger charge is -2.06. The molecular formula is C12H9Cl2NO5S. The number of sulfonamides is 1. The molecular weight excluding hydrogens is 341 g/mol. The summed E-state index contributed by atoms with van der Waals surface area (Å²) >= 11 is 11.6. The molecule has 2 aromatic rings. The molecule has 0 spiro atoms. The van der Waals surface area contributed by atoms with Gasteiger partial charge in [-0.25, -0.2) is 4.79 Å². The molecule has 2 rings (SSSR count). The minimum atomic E-state index is -4.01. The van der Waals surface area contributed by atoms with Crippen molar-refractivity contribution in [3.05, 3.63) is 46.1 Å². The van der Waals surface area contributed by atoms with Crippen molar-refractivity contribution in [2.75, 3.05) is 11.8 Å². The van der Waals surface area contributed by atoms with Crippen molar-refractivity contribution in [2.45, 2.75) is 5.09 Å². The molecule has 1 N–H and O–H groups in total. The normalized spacial score (nSPS) is 11.2. The minimum absolute atomic E-state index is 0.170. The SMILES string of the molecule is COC(=O)c1ccc(S(=O)(=O)Nc2cc(Cl)cc(Cl)c2)o1. The summed E-state index contributed by atoms with van der Waals surface area (Å²) in [5.74, 6) is -0.996. The second kappa shape index (κ2) is 5.97. The molecule has 1 aromatic carbocycles. The Balaban J connectivity index is 2.30. The van der Waals surface area contributed by atoms with Gasteiger partial charge in [0.2, 0.25) is 10.9 Å². The lowest BCUT2D eigenvalue weighted by atomic mass is 10.3. The van der Waals surface area contributed by atoms with Crippen LogP contribution in [0.4, 0.5) is 5.69 Å². The highest BCUT2D eigenvalue weighted by atomic mass is 35.5. The summed E-state index contributed by atoms with van der Waals surface area (Å²) in [5.41, 5.74) is 0.170. The van der Waals surface area contributed by atoms with Crippen molar-refractivity contribution >= 4 is 44.9 Å². The fraction of sp³-hybridized carbons (Fsp3) is 0.0833. The van der Waals surface area contributed by atoms with Crippen LogP contribution in [0.15, 0.2) is 39.8 Å². The zero-order valence-corrected chi connectivity index (χ0v) is 12.9. The lowest BCUT2D eigenvalue weighted by Crippen LogP contribution is -2.12. The summed E-state index contributed by atoms with van der Waals surface area (Å²) in [7, 11) is -2.85. The number of esters is 1. The van der Waals surface area contributed by atoms with E-state index in [2.05, 4.69) is 9.46 Å². The van der Waals surface area contributed by atoms with Gasteiger partial charge in [-0.3, -0.25) is 4.72 Å². The fourth-order valence-corrected chi connectivity index (χ4v) is 2.99. The molecule has 1 aromatic heterocycles. The predicted molar refractivity (Wildman–Crippen MR) is 77.3 cm³/mol. The van der Waals surface area contributed by atoms with E-state index in [4.69, 9.17) is 27.6 Å². The molecule has 21 heavy (non-hydrogen) atoms. The summed E-state index contributed by atoms with van der Waals surface area (Å²) in [5, 5.41) is 0.115. The number of carbonyl (C=O) groups excluding carboxylic acids is 1. The van der Waals surface area contributed by atoms with Gasteiger partial charge < -0.3 is 9.15 Å². The van der Waals surface area contributed by atoms with Crippen molar-refractivity contribution in [3.8, 4) is 0 Å². The van der Waals surface area contributed by atoms with Gasteiger partial charge in [-0.05, 0) is 30.3 Å². The Hall–Kier alpha value is -1.70. The van der Waals surface area contributed by atoms with E-state index in [1.54, 1.807) is 0 Å². The summed E-state index contributed by atoms with van der Waals surface area (Å²) in [6, 6.07) is 6.57. The van der Waals surface area contributed by atoms with Crippen LogP contribution in [-0.4, -0.2) is 21.5 Å². The number of furan rings is 1. The maximum absolute atomic E-state index is 12.1. The molecule has 1 heterocycles. The Labute approximate surface area is 130 Å². The van der Waals surface area contributed by atoms with E-state index in [0.29, 0.717) is 0 Å². The Morgan fingerprint density at radius 1 is 1.19 bits per heavy atom. The van der Waals surface area contributed by atoms with Crippen LogP contribution in [0.5, 0.6) is 0 Å². The van der Waals surface area contributed by atoms with E-state index in [1.165, 1.54) is 24.3 Å². The summed E-state index contributed by atoms with van der Waals surface area (Å²) in [6.45, 7) is 0. The zero-order chi connectivity index (χ0) is 15.6. The molecule has 112 valence electrons. The van der Waals surface area contributed by atoms with E-state index in [1.807, 2.05) is 0 Å². The highest BCUT2D eigenvalue weighted by Gasteiger charge is 2.22. The van der Waals surface area contributed by atoms with Gasteiger partial charge in [0.1, 0.15) is 0 Å². The molecule has 0 aliphatic rings. The number of anilines is 1. The van der Waals surface area contributed by atoms with Gasteiger partial charge in [-0.15, -0.1) is 0 Å². The molecule has 0 amide bonds. The number of hydrogen-bond donors (Lipinski definition) is 1. The first kappa shape index (κ1) is 15.7. The van der Waals surface area contributed by atoms with Gasteiger partial charge in [0.05, 0.1) is 12.8 Å². The number of benzene rings is 1. The topological polar surface area (TPSA) is 85.6 Å². The highest BCUT2D eigenvalue weighted by Crippen LogP contribution is 2.25. The number of methoxy groups -OCH3 is 1. The molecule has 0 bridgehead atoms. The maximum atomic E-state index is 12.1. The maximum Gasteiger partial charge on any atom is 0.374 e. The zero-order valence-electron chi connectivity index (χ0n) is 10.6. The van der Waals surface area contributed by atoms with E-state index in [0.717, 1.165) is 13.2 Å². The second-order valence-corrected chi connectivity index (χ2v) is 6.36. The van der Waals surface area contributed by atoms with Gasteiger partial charge in [-0.1, -0.05) is 23.2 Å². The van der Waals surface area contributed by atoms with Crippen molar-refractivity contribution in [1.82, 2.24) is 0 Å². The van der Waals surface area contributed by atoms with E-state index >= 15 is 0 Å². The third-order valence-corrected chi connectivity index (χ3v) is 4.04. The number of halogens is 2. The molecule has 0 fully saturated rings. The first-order valence-electron chi connectivity index (χ1n) is 5.49. The van der Waals surface area contributed by atoms with Gasteiger partial charge in [0.25, 0.3) is 10.0 Å². The minimum Gasteiger partial charge on any atom is -0.463 e. The van der Waals surface area contributed by atoms with E-state index < -0.39 is 21.1 Å². The highest BCUT2D eigenvalue weighted by molar-refractivity contribution is 7.92. The molecule has 0 aliphatic heterocycles. The van der Waals surface area contributed by atoms with Crippen LogP contribution in [0.1, 0.15) is 10.6 Å². The third kappa shape index (κ3) is 3.69. The van der Waals surface area contributed by atoms with Crippen molar-refractivity contribution in [3.63, 3.8) is 0 Å². The number of nitrogens with one attached hydrogen (secondary N) is 1. The Kier molecular flexibility index (Phi) is 4.46. The average Bonchev–Trinajstić information content (AvgIpc) is 2.86. The van der Waals surface area contributed by atoms with Crippen molar-refractivity contribution in [1.29, 1.82) is 0 Å². The Morgan fingerprint density at radius 2 is 1.81 bits per heavy atom. The Morgan fingerprint density at radius 3 is 2.38 bits per heavy atom. The Bertz CT molecular complexity index is 764. The number of carbonyl (C=O) groups is 1. The van der Waals surface area contributed by atoms with Crippen molar-refractivity contribution < 1.29 is 22.4 Å². The number of ether oxygens (including phenoxy) is 1. The number of rotatable bonds is 4. The van der Waals surface area contributed by atoms with Crippen LogP contribution in [-0.2, 0) is 14.8 Å². The molecule has 0 aliphatic carbocycles. The monoisotopic (exact) mass is 349 g/mol. The van der Waals surface area contributed by atoms with Gasteiger partial charge in [0, 0.05) is 10.0 Å². The first-order chi connectivity index (χ1) is 9.81. The van der Waals surface area contributed by atoms with Gasteiger partial charge >= 0.3 is 5.97 Å². The molecule has 0 radical (unpaired) electrons. The van der Waals surface area contributed by atoms with E-state index in [-0.39, 0.29) is 21.5 Å². The van der Waals surface area contributed by atoms with Crippen molar-refractivity contribution in [2.24, 2.45) is 0 Å². The van der Waals surface area contributed by atoms with Gasteiger partial charge in [0.15, 0.2) is 0 Å². The molecule has 0 atom stereocenters. The predicted octanol–water partition coefficient (Wildman–Crippen LogP) is 3.17. The fourth-order valence-electron chi connectivity index (χ4n) is 1.49. The van der Waals surface area contributed by atoms with Gasteiger partial charge in [-0.2, -0.15) is 8.42 Å². The molecule has 6 nitrogen and oxygen atoms in total. The largest absolute Gasteiger partial charge is 0.463 e. The second-order valence-electron chi connectivity index (χ2n) is 3.87. The van der Waals surface area contributed by atoms with Crippen LogP contribution >= 0.6 is 23.2 Å². The first-order valence-corrected chi connectivity index (χ1v) is 7.73.